The van der Waals surface area contributed by atoms with E-state index < -0.39 is 12.0 Å². The number of hydrogen-bond donors (Lipinski definition) is 2. The van der Waals surface area contributed by atoms with Crippen molar-refractivity contribution in [3.63, 3.8) is 0 Å². The van der Waals surface area contributed by atoms with E-state index in [1.165, 1.54) is 4.90 Å². The van der Waals surface area contributed by atoms with Gasteiger partial charge in [-0.3, -0.25) is 0 Å². The van der Waals surface area contributed by atoms with Crippen LogP contribution in [-0.4, -0.2) is 53.8 Å². The Morgan fingerprint density at radius 1 is 1.33 bits per heavy atom. The number of carbonyl (C=O) groups excluding carboxylic acids is 1. The van der Waals surface area contributed by atoms with Gasteiger partial charge in [-0.25, -0.2) is 9.59 Å². The maximum Gasteiger partial charge on any atom is 0.326 e. The molecule has 1 heterocycles. The zero-order chi connectivity index (χ0) is 13.1. The number of urea groups is 1. The highest BCUT2D eigenvalue weighted by molar-refractivity contribution is 5.83. The summed E-state index contributed by atoms with van der Waals surface area (Å²) in [6.45, 7) is 0.353. The van der Waals surface area contributed by atoms with Gasteiger partial charge < -0.3 is 20.1 Å². The maximum atomic E-state index is 12.1. The van der Waals surface area contributed by atoms with E-state index in [4.69, 9.17) is 9.84 Å². The quantitative estimate of drug-likeness (QED) is 0.783. The van der Waals surface area contributed by atoms with Crippen LogP contribution >= 0.6 is 0 Å². The molecule has 18 heavy (non-hydrogen) atoms. The Hall–Kier alpha value is -1.30. The van der Waals surface area contributed by atoms with Gasteiger partial charge in [0.15, 0.2) is 0 Å². The molecule has 0 bridgehead atoms. The summed E-state index contributed by atoms with van der Waals surface area (Å²) in [5, 5.41) is 12.0. The Labute approximate surface area is 106 Å². The first kappa shape index (κ1) is 13.1. The highest BCUT2D eigenvalue weighted by Gasteiger charge is 2.40. The van der Waals surface area contributed by atoms with Gasteiger partial charge in [-0.1, -0.05) is 12.8 Å². The van der Waals surface area contributed by atoms with Crippen molar-refractivity contribution in [1.82, 2.24) is 10.2 Å². The fourth-order valence-electron chi connectivity index (χ4n) is 2.75. The van der Waals surface area contributed by atoms with Crippen LogP contribution in [0.15, 0.2) is 0 Å². The lowest BCUT2D eigenvalue weighted by atomic mass is 10.2. The Morgan fingerprint density at radius 2 is 2.00 bits per heavy atom. The highest BCUT2D eigenvalue weighted by atomic mass is 16.5. The topological polar surface area (TPSA) is 78.9 Å². The standard InChI is InChI=1S/C12H20N2O4/c1-18-9-6-10(11(15)16)14(7-9)12(17)13-8-4-2-3-5-8/h8-10H,2-7H2,1H3,(H,13,17)(H,15,16). The summed E-state index contributed by atoms with van der Waals surface area (Å²) in [4.78, 5) is 24.6. The van der Waals surface area contributed by atoms with Gasteiger partial charge >= 0.3 is 12.0 Å². The van der Waals surface area contributed by atoms with Crippen molar-refractivity contribution in [2.45, 2.75) is 50.3 Å². The Bertz CT molecular complexity index is 328. The van der Waals surface area contributed by atoms with Crippen molar-refractivity contribution in [3.8, 4) is 0 Å². The van der Waals surface area contributed by atoms with E-state index in [1.54, 1.807) is 7.11 Å². The summed E-state index contributed by atoms with van der Waals surface area (Å²) in [6.07, 6.45) is 4.43. The van der Waals surface area contributed by atoms with Crippen LogP contribution in [-0.2, 0) is 9.53 Å². The minimum absolute atomic E-state index is 0.180. The van der Waals surface area contributed by atoms with E-state index in [-0.39, 0.29) is 18.2 Å². The first-order valence-electron chi connectivity index (χ1n) is 6.44. The number of nitrogens with one attached hydrogen (secondary N) is 1. The fourth-order valence-corrected chi connectivity index (χ4v) is 2.75. The van der Waals surface area contributed by atoms with E-state index in [9.17, 15) is 9.59 Å². The first-order chi connectivity index (χ1) is 8.61. The van der Waals surface area contributed by atoms with Crippen molar-refractivity contribution < 1.29 is 19.4 Å². The summed E-state index contributed by atoms with van der Waals surface area (Å²) < 4.78 is 5.16. The van der Waals surface area contributed by atoms with Crippen molar-refractivity contribution in [3.05, 3.63) is 0 Å². The molecule has 1 aliphatic carbocycles. The molecule has 1 saturated carbocycles. The average Bonchev–Trinajstić information content (AvgIpc) is 2.96. The number of methoxy groups -OCH3 is 1. The van der Waals surface area contributed by atoms with E-state index in [2.05, 4.69) is 5.32 Å². The van der Waals surface area contributed by atoms with Gasteiger partial charge in [0.2, 0.25) is 0 Å². The minimum atomic E-state index is -0.962. The summed E-state index contributed by atoms with van der Waals surface area (Å²) >= 11 is 0. The maximum absolute atomic E-state index is 12.1. The monoisotopic (exact) mass is 256 g/mol. The van der Waals surface area contributed by atoms with Gasteiger partial charge in [0.1, 0.15) is 6.04 Å². The second kappa shape index (κ2) is 5.56. The number of carboxylic acids is 1. The number of aliphatic carboxylic acids is 1. The third-order valence-corrected chi connectivity index (χ3v) is 3.82. The molecule has 2 N–H and O–H groups in total. The van der Waals surface area contributed by atoms with Crippen LogP contribution in [0.5, 0.6) is 0 Å². The van der Waals surface area contributed by atoms with E-state index in [1.807, 2.05) is 0 Å². The molecule has 0 aromatic rings. The lowest BCUT2D eigenvalue weighted by Gasteiger charge is -2.23. The number of hydrogen-bond acceptors (Lipinski definition) is 3. The molecule has 2 aliphatic rings. The van der Waals surface area contributed by atoms with Gasteiger partial charge in [0, 0.05) is 26.1 Å². The molecule has 2 unspecified atom stereocenters. The fraction of sp³-hybridized carbons (Fsp3) is 0.833. The van der Waals surface area contributed by atoms with Crippen LogP contribution in [0.2, 0.25) is 0 Å². The molecule has 2 amide bonds. The molecule has 2 atom stereocenters. The van der Waals surface area contributed by atoms with Crippen molar-refractivity contribution >= 4 is 12.0 Å². The predicted octanol–water partition coefficient (Wildman–Crippen LogP) is 0.812. The van der Waals surface area contributed by atoms with Gasteiger partial charge in [0.25, 0.3) is 0 Å². The molecule has 0 aromatic carbocycles. The summed E-state index contributed by atoms with van der Waals surface area (Å²) in [5.41, 5.74) is 0. The van der Waals surface area contributed by atoms with Gasteiger partial charge in [-0.05, 0) is 12.8 Å². The number of rotatable bonds is 3. The Balaban J connectivity index is 1.96. The van der Waals surface area contributed by atoms with Crippen LogP contribution in [0.3, 0.4) is 0 Å². The molecule has 0 radical (unpaired) electrons. The number of nitrogens with zero attached hydrogens (tertiary/aromatic N) is 1. The second-order valence-electron chi connectivity index (χ2n) is 5.03. The molecular weight excluding hydrogens is 236 g/mol. The Morgan fingerprint density at radius 3 is 2.56 bits per heavy atom. The Kier molecular flexibility index (Phi) is 4.06. The summed E-state index contributed by atoms with van der Waals surface area (Å²) in [7, 11) is 1.54. The molecule has 2 fully saturated rings. The van der Waals surface area contributed by atoms with Crippen molar-refractivity contribution in [2.75, 3.05) is 13.7 Å². The van der Waals surface area contributed by atoms with E-state index in [0.717, 1.165) is 25.7 Å². The zero-order valence-electron chi connectivity index (χ0n) is 10.6. The van der Waals surface area contributed by atoms with Crippen LogP contribution in [0.4, 0.5) is 4.79 Å². The van der Waals surface area contributed by atoms with Crippen molar-refractivity contribution in [2.24, 2.45) is 0 Å². The van der Waals surface area contributed by atoms with E-state index >= 15 is 0 Å². The zero-order valence-corrected chi connectivity index (χ0v) is 10.6. The largest absolute Gasteiger partial charge is 0.480 e. The van der Waals surface area contributed by atoms with Gasteiger partial charge in [-0.2, -0.15) is 0 Å². The van der Waals surface area contributed by atoms with Crippen LogP contribution < -0.4 is 5.32 Å². The number of carboxylic acid groups (broad SMARTS) is 1. The number of amides is 2. The molecule has 6 nitrogen and oxygen atoms in total. The molecule has 6 heteroatoms. The lowest BCUT2D eigenvalue weighted by Crippen LogP contribution is -2.48. The SMILES string of the molecule is COC1CC(C(=O)O)N(C(=O)NC2CCCC2)C1. The smallest absolute Gasteiger partial charge is 0.326 e. The molecule has 1 aliphatic heterocycles. The van der Waals surface area contributed by atoms with Crippen LogP contribution in [0.1, 0.15) is 32.1 Å². The van der Waals surface area contributed by atoms with Gasteiger partial charge in [0.05, 0.1) is 6.10 Å². The molecule has 0 spiro atoms. The van der Waals surface area contributed by atoms with Crippen LogP contribution in [0, 0.1) is 0 Å². The molecule has 0 aromatic heterocycles. The molecule has 102 valence electrons. The first-order valence-corrected chi connectivity index (χ1v) is 6.44. The minimum Gasteiger partial charge on any atom is -0.480 e. The number of ether oxygens (including phenoxy) is 1. The van der Waals surface area contributed by atoms with Gasteiger partial charge in [-0.15, -0.1) is 0 Å². The molecule has 2 rings (SSSR count). The average molecular weight is 256 g/mol. The van der Waals surface area contributed by atoms with Crippen molar-refractivity contribution in [1.29, 1.82) is 0 Å². The predicted molar refractivity (Wildman–Crippen MR) is 64.3 cm³/mol. The summed E-state index contributed by atoms with van der Waals surface area (Å²) in [6, 6.07) is -0.834. The number of likely N-dealkylation sites (tertiary alicyclic amines) is 1. The third kappa shape index (κ3) is 2.75. The lowest BCUT2D eigenvalue weighted by molar-refractivity contribution is -0.141. The third-order valence-electron chi connectivity index (χ3n) is 3.82. The van der Waals surface area contributed by atoms with Crippen LogP contribution in [0.25, 0.3) is 0 Å². The highest BCUT2D eigenvalue weighted by Crippen LogP contribution is 2.22. The summed E-state index contributed by atoms with van der Waals surface area (Å²) in [5.74, 6) is -0.962. The molecular formula is C12H20N2O4. The van der Waals surface area contributed by atoms with E-state index in [0.29, 0.717) is 13.0 Å². The number of carbonyl (C=O) groups is 2. The molecule has 1 saturated heterocycles. The second-order valence-corrected chi connectivity index (χ2v) is 5.03. The normalized spacial score (nSPS) is 28.6.